The molecule has 112 valence electrons. The number of hydrogen-bond acceptors (Lipinski definition) is 6. The number of rotatable bonds is 5. The molecule has 0 unspecified atom stereocenters. The lowest BCUT2D eigenvalue weighted by Gasteiger charge is -2.37. The quantitative estimate of drug-likeness (QED) is 0.536. The van der Waals surface area contributed by atoms with Crippen LogP contribution in [0.1, 0.15) is 13.8 Å². The fourth-order valence-corrected chi connectivity index (χ4v) is 2.61. The smallest absolute Gasteiger partial charge is 0.249 e. The van der Waals surface area contributed by atoms with E-state index in [1.54, 1.807) is 13.8 Å². The Morgan fingerprint density at radius 1 is 1.24 bits per heavy atom. The van der Waals surface area contributed by atoms with Gasteiger partial charge in [0, 0.05) is 13.1 Å². The molecule has 0 N–H and O–H groups in total. The van der Waals surface area contributed by atoms with Crippen molar-refractivity contribution in [3.05, 3.63) is 12.7 Å². The molecule has 1 saturated heterocycles. The van der Waals surface area contributed by atoms with Crippen LogP contribution in [0.4, 0.5) is 0 Å². The van der Waals surface area contributed by atoms with Crippen LogP contribution >= 0.6 is 12.2 Å². The van der Waals surface area contributed by atoms with Crippen LogP contribution in [0.3, 0.4) is 0 Å². The Hall–Kier alpha value is -2.16. The molecule has 8 nitrogen and oxygen atoms in total. The van der Waals surface area contributed by atoms with Crippen molar-refractivity contribution in [2.75, 3.05) is 13.1 Å². The van der Waals surface area contributed by atoms with Gasteiger partial charge in [-0.05, 0) is 26.1 Å². The maximum absolute atomic E-state index is 12.3. The minimum Gasteiger partial charge on any atom is -0.296 e. The third-order valence-corrected chi connectivity index (χ3v) is 3.67. The highest BCUT2D eigenvalue weighted by molar-refractivity contribution is 7.80. The second-order valence-corrected chi connectivity index (χ2v) is 4.81. The SMILES string of the molecule is CCN1C(=O)C(C(=O)Cn2cncn2)C(=O)N(CC)C1=S. The second kappa shape index (κ2) is 6.08. The first kappa shape index (κ1) is 15.2. The van der Waals surface area contributed by atoms with E-state index < -0.39 is 23.5 Å². The molecule has 21 heavy (non-hydrogen) atoms. The molecule has 0 spiro atoms. The van der Waals surface area contributed by atoms with Gasteiger partial charge in [-0.25, -0.2) is 9.67 Å². The standard InChI is InChI=1S/C12H15N5O3S/c1-3-16-10(19)9(11(20)17(4-2)12(16)21)8(18)5-15-7-13-6-14-15/h6-7,9H,3-5H2,1-2H3. The Kier molecular flexibility index (Phi) is 4.41. The number of amides is 2. The van der Waals surface area contributed by atoms with E-state index in [-0.39, 0.29) is 11.7 Å². The fraction of sp³-hybridized carbons (Fsp3) is 0.500. The fourth-order valence-electron chi connectivity index (χ4n) is 2.17. The van der Waals surface area contributed by atoms with Gasteiger partial charge >= 0.3 is 0 Å². The number of aromatic nitrogens is 3. The third-order valence-electron chi connectivity index (χ3n) is 3.23. The normalized spacial score (nSPS) is 16.8. The number of hydrogen-bond donors (Lipinski definition) is 0. The summed E-state index contributed by atoms with van der Waals surface area (Å²) >= 11 is 5.13. The first-order valence-electron chi connectivity index (χ1n) is 6.53. The predicted molar refractivity (Wildman–Crippen MR) is 75.9 cm³/mol. The predicted octanol–water partition coefficient (Wildman–Crippen LogP) is -0.541. The van der Waals surface area contributed by atoms with Gasteiger partial charge in [0.1, 0.15) is 19.2 Å². The molecule has 1 fully saturated rings. The van der Waals surface area contributed by atoms with Crippen LogP contribution in [0.2, 0.25) is 0 Å². The molecular weight excluding hydrogens is 294 g/mol. The average molecular weight is 309 g/mol. The first-order chi connectivity index (χ1) is 10.0. The monoisotopic (exact) mass is 309 g/mol. The Labute approximate surface area is 126 Å². The Balaban J connectivity index is 2.27. The molecule has 2 heterocycles. The Morgan fingerprint density at radius 3 is 2.24 bits per heavy atom. The summed E-state index contributed by atoms with van der Waals surface area (Å²) in [4.78, 5) is 43.2. The highest BCUT2D eigenvalue weighted by atomic mass is 32.1. The number of thiocarbonyl (C=S) groups is 1. The molecule has 9 heteroatoms. The van der Waals surface area contributed by atoms with Crippen LogP contribution in [-0.2, 0) is 20.9 Å². The molecule has 0 radical (unpaired) electrons. The number of carbonyl (C=O) groups excluding carboxylic acids is 3. The molecule has 0 aliphatic carbocycles. The van der Waals surface area contributed by atoms with Crippen molar-refractivity contribution in [1.82, 2.24) is 24.6 Å². The van der Waals surface area contributed by atoms with Gasteiger partial charge in [-0.3, -0.25) is 24.2 Å². The topological polar surface area (TPSA) is 88.4 Å². The van der Waals surface area contributed by atoms with Gasteiger partial charge in [0.15, 0.2) is 16.8 Å². The lowest BCUT2D eigenvalue weighted by atomic mass is 9.98. The van der Waals surface area contributed by atoms with Gasteiger partial charge in [-0.2, -0.15) is 5.10 Å². The molecule has 1 aliphatic rings. The molecule has 0 atom stereocenters. The average Bonchev–Trinajstić information content (AvgIpc) is 2.92. The van der Waals surface area contributed by atoms with E-state index in [4.69, 9.17) is 12.2 Å². The zero-order valence-electron chi connectivity index (χ0n) is 11.7. The van der Waals surface area contributed by atoms with Crippen molar-refractivity contribution in [1.29, 1.82) is 0 Å². The highest BCUT2D eigenvalue weighted by Gasteiger charge is 2.46. The summed E-state index contributed by atoms with van der Waals surface area (Å²) in [6.07, 6.45) is 2.64. The summed E-state index contributed by atoms with van der Waals surface area (Å²) in [6.45, 7) is 3.94. The van der Waals surface area contributed by atoms with E-state index in [1.807, 2.05) is 0 Å². The molecule has 1 aliphatic heterocycles. The molecule has 0 aromatic carbocycles. The number of carbonyl (C=O) groups is 3. The molecule has 1 aromatic rings. The van der Waals surface area contributed by atoms with Gasteiger partial charge < -0.3 is 0 Å². The Bertz CT molecular complexity index is 560. The highest BCUT2D eigenvalue weighted by Crippen LogP contribution is 2.19. The molecular formula is C12H15N5O3S. The van der Waals surface area contributed by atoms with E-state index in [0.717, 1.165) is 0 Å². The van der Waals surface area contributed by atoms with Crippen LogP contribution < -0.4 is 0 Å². The maximum atomic E-state index is 12.3. The summed E-state index contributed by atoms with van der Waals surface area (Å²) in [6, 6.07) is 0. The summed E-state index contributed by atoms with van der Waals surface area (Å²) in [5.74, 6) is -3.01. The summed E-state index contributed by atoms with van der Waals surface area (Å²) in [5.41, 5.74) is 0. The van der Waals surface area contributed by atoms with Gasteiger partial charge in [0.2, 0.25) is 11.8 Å². The molecule has 1 aromatic heterocycles. The summed E-state index contributed by atoms with van der Waals surface area (Å²) in [5, 5.41) is 3.96. The van der Waals surface area contributed by atoms with Crippen molar-refractivity contribution < 1.29 is 14.4 Å². The second-order valence-electron chi connectivity index (χ2n) is 4.44. The van der Waals surface area contributed by atoms with Crippen molar-refractivity contribution in [2.24, 2.45) is 5.92 Å². The van der Waals surface area contributed by atoms with E-state index >= 15 is 0 Å². The number of ketones is 1. The van der Waals surface area contributed by atoms with Gasteiger partial charge in [-0.15, -0.1) is 0 Å². The van der Waals surface area contributed by atoms with Crippen LogP contribution in [-0.4, -0.2) is 60.4 Å². The summed E-state index contributed by atoms with van der Waals surface area (Å²) < 4.78 is 1.28. The zero-order valence-corrected chi connectivity index (χ0v) is 12.5. The number of Topliss-reactive ketones (excluding diaryl/α,β-unsaturated/α-hetero) is 1. The van der Waals surface area contributed by atoms with Crippen LogP contribution in [0.25, 0.3) is 0 Å². The van der Waals surface area contributed by atoms with Crippen molar-refractivity contribution in [3.63, 3.8) is 0 Å². The van der Waals surface area contributed by atoms with Crippen molar-refractivity contribution in [2.45, 2.75) is 20.4 Å². The molecule has 2 amide bonds. The van der Waals surface area contributed by atoms with Crippen LogP contribution in [0.15, 0.2) is 12.7 Å². The van der Waals surface area contributed by atoms with E-state index in [0.29, 0.717) is 13.1 Å². The zero-order chi connectivity index (χ0) is 15.6. The van der Waals surface area contributed by atoms with Crippen LogP contribution in [0.5, 0.6) is 0 Å². The van der Waals surface area contributed by atoms with E-state index in [2.05, 4.69) is 10.1 Å². The lowest BCUT2D eigenvalue weighted by Crippen LogP contribution is -2.61. The van der Waals surface area contributed by atoms with E-state index in [1.165, 1.54) is 27.1 Å². The number of nitrogens with zero attached hydrogens (tertiary/aromatic N) is 5. The first-order valence-corrected chi connectivity index (χ1v) is 6.93. The molecule has 2 rings (SSSR count). The minimum atomic E-state index is -1.36. The lowest BCUT2D eigenvalue weighted by molar-refractivity contribution is -0.151. The van der Waals surface area contributed by atoms with Gasteiger partial charge in [-0.1, -0.05) is 0 Å². The summed E-state index contributed by atoms with van der Waals surface area (Å²) in [7, 11) is 0. The molecule has 0 bridgehead atoms. The third kappa shape index (κ3) is 2.68. The van der Waals surface area contributed by atoms with Crippen LogP contribution in [0, 0.1) is 5.92 Å². The van der Waals surface area contributed by atoms with Crippen molar-refractivity contribution in [3.8, 4) is 0 Å². The van der Waals surface area contributed by atoms with Gasteiger partial charge in [0.25, 0.3) is 0 Å². The largest absolute Gasteiger partial charge is 0.296 e. The van der Waals surface area contributed by atoms with Gasteiger partial charge in [0.05, 0.1) is 0 Å². The molecule has 0 saturated carbocycles. The van der Waals surface area contributed by atoms with Crippen molar-refractivity contribution >= 4 is 34.9 Å². The maximum Gasteiger partial charge on any atom is 0.249 e. The minimum absolute atomic E-state index is 0.153. The van der Waals surface area contributed by atoms with E-state index in [9.17, 15) is 14.4 Å². The Morgan fingerprint density at radius 2 is 1.81 bits per heavy atom.